The summed E-state index contributed by atoms with van der Waals surface area (Å²) in [5, 5.41) is 6.75. The Morgan fingerprint density at radius 1 is 1.00 bits per heavy atom. The van der Waals surface area contributed by atoms with Gasteiger partial charge in [-0.05, 0) is 43.4 Å². The van der Waals surface area contributed by atoms with Crippen LogP contribution in [0.2, 0.25) is 0 Å². The first-order valence-corrected chi connectivity index (χ1v) is 12.5. The molecule has 1 amide bonds. The van der Waals surface area contributed by atoms with Gasteiger partial charge in [0.15, 0.2) is 0 Å². The van der Waals surface area contributed by atoms with Gasteiger partial charge in [-0.15, -0.1) is 0 Å². The number of methoxy groups -OCH3 is 2. The Hall–Kier alpha value is -4.01. The van der Waals surface area contributed by atoms with Crippen LogP contribution in [-0.4, -0.2) is 54.8 Å². The highest BCUT2D eigenvalue weighted by Crippen LogP contribution is 2.25. The van der Waals surface area contributed by atoms with Gasteiger partial charge in [0, 0.05) is 49.6 Å². The van der Waals surface area contributed by atoms with Crippen molar-refractivity contribution in [1.82, 2.24) is 14.9 Å². The van der Waals surface area contributed by atoms with E-state index < -0.39 is 0 Å². The number of carbonyl (C=O) groups excluding carboxylic acids is 1. The van der Waals surface area contributed by atoms with Crippen molar-refractivity contribution in [2.45, 2.75) is 32.9 Å². The molecule has 1 aromatic heterocycles. The number of nitrogens with zero attached hydrogens (tertiary/aromatic N) is 3. The van der Waals surface area contributed by atoms with Crippen molar-refractivity contribution in [1.29, 1.82) is 0 Å². The van der Waals surface area contributed by atoms with Gasteiger partial charge in [-0.2, -0.15) is 4.98 Å². The molecule has 196 valence electrons. The van der Waals surface area contributed by atoms with Crippen LogP contribution in [0.3, 0.4) is 0 Å². The number of carbonyl (C=O) groups is 1. The van der Waals surface area contributed by atoms with Gasteiger partial charge in [0.1, 0.15) is 23.9 Å². The summed E-state index contributed by atoms with van der Waals surface area (Å²) in [5.74, 6) is 3.27. The molecule has 0 spiro atoms. The zero-order valence-electron chi connectivity index (χ0n) is 21.7. The zero-order valence-corrected chi connectivity index (χ0v) is 21.7. The number of anilines is 2. The van der Waals surface area contributed by atoms with Crippen LogP contribution in [0.1, 0.15) is 29.7 Å². The Balaban J connectivity index is 1.24. The van der Waals surface area contributed by atoms with E-state index in [1.165, 1.54) is 0 Å². The Morgan fingerprint density at radius 2 is 1.78 bits per heavy atom. The molecule has 2 aromatic carbocycles. The molecule has 9 heteroatoms. The molecule has 1 aliphatic rings. The number of benzene rings is 2. The normalized spacial score (nSPS) is 13.6. The van der Waals surface area contributed by atoms with Crippen molar-refractivity contribution in [2.24, 2.45) is 5.92 Å². The van der Waals surface area contributed by atoms with Crippen molar-refractivity contribution in [2.75, 3.05) is 44.5 Å². The van der Waals surface area contributed by atoms with Crippen LogP contribution in [-0.2, 0) is 17.9 Å². The Labute approximate surface area is 218 Å². The molecule has 4 rings (SSSR count). The Kier molecular flexibility index (Phi) is 9.02. The second-order valence-electron chi connectivity index (χ2n) is 9.10. The van der Waals surface area contributed by atoms with E-state index >= 15 is 0 Å². The fraction of sp³-hybridized carbons (Fsp3) is 0.393. The summed E-state index contributed by atoms with van der Waals surface area (Å²) < 4.78 is 16.2. The van der Waals surface area contributed by atoms with E-state index in [1.807, 2.05) is 61.5 Å². The number of likely N-dealkylation sites (tertiary alicyclic amines) is 1. The third kappa shape index (κ3) is 7.49. The molecule has 0 radical (unpaired) electrons. The van der Waals surface area contributed by atoms with Crippen LogP contribution in [0.5, 0.6) is 11.5 Å². The van der Waals surface area contributed by atoms with Gasteiger partial charge in [-0.25, -0.2) is 9.78 Å². The lowest BCUT2D eigenvalue weighted by Gasteiger charge is -2.31. The van der Waals surface area contributed by atoms with E-state index in [0.29, 0.717) is 38.1 Å². The molecule has 0 saturated carbocycles. The first-order valence-electron chi connectivity index (χ1n) is 12.5. The van der Waals surface area contributed by atoms with E-state index in [0.717, 1.165) is 53.5 Å². The second kappa shape index (κ2) is 12.8. The van der Waals surface area contributed by atoms with E-state index in [-0.39, 0.29) is 6.09 Å². The molecule has 37 heavy (non-hydrogen) atoms. The summed E-state index contributed by atoms with van der Waals surface area (Å²) in [6, 6.07) is 17.4. The predicted molar refractivity (Wildman–Crippen MR) is 143 cm³/mol. The molecule has 2 heterocycles. The first-order chi connectivity index (χ1) is 18.0. The molecular weight excluding hydrogens is 470 g/mol. The smallest absolute Gasteiger partial charge is 0.410 e. The Bertz CT molecular complexity index is 1170. The maximum atomic E-state index is 12.4. The molecule has 0 aliphatic carbocycles. The van der Waals surface area contributed by atoms with Crippen LogP contribution in [0.15, 0.2) is 54.6 Å². The highest BCUT2D eigenvalue weighted by atomic mass is 16.6. The number of piperidine rings is 1. The van der Waals surface area contributed by atoms with E-state index in [1.54, 1.807) is 19.1 Å². The zero-order chi connectivity index (χ0) is 26.0. The van der Waals surface area contributed by atoms with E-state index in [2.05, 4.69) is 20.6 Å². The predicted octanol–water partition coefficient (Wildman–Crippen LogP) is 4.88. The fourth-order valence-corrected chi connectivity index (χ4v) is 4.29. The minimum absolute atomic E-state index is 0.245. The third-order valence-corrected chi connectivity index (χ3v) is 6.44. The lowest BCUT2D eigenvalue weighted by molar-refractivity contribution is 0.0832. The molecule has 9 nitrogen and oxygen atoms in total. The van der Waals surface area contributed by atoms with E-state index in [9.17, 15) is 4.79 Å². The SMILES string of the molecule is COc1ccc(CNc2nc(C)cc(NCC3CCN(C(=O)OCc4ccccc4)CC3)n2)c(OC)c1. The summed E-state index contributed by atoms with van der Waals surface area (Å²) in [5.41, 5.74) is 2.85. The van der Waals surface area contributed by atoms with Gasteiger partial charge in [-0.3, -0.25) is 0 Å². The molecule has 3 aromatic rings. The quantitative estimate of drug-likeness (QED) is 0.403. The van der Waals surface area contributed by atoms with Crippen LogP contribution < -0.4 is 20.1 Å². The lowest BCUT2D eigenvalue weighted by Crippen LogP contribution is -2.40. The maximum absolute atomic E-state index is 12.4. The number of hydrogen-bond acceptors (Lipinski definition) is 8. The lowest BCUT2D eigenvalue weighted by atomic mass is 9.97. The highest BCUT2D eigenvalue weighted by molar-refractivity contribution is 5.67. The van der Waals surface area contributed by atoms with Gasteiger partial charge in [0.05, 0.1) is 14.2 Å². The van der Waals surface area contributed by atoms with Gasteiger partial charge in [-0.1, -0.05) is 30.3 Å². The minimum Gasteiger partial charge on any atom is -0.497 e. The third-order valence-electron chi connectivity index (χ3n) is 6.44. The Morgan fingerprint density at radius 3 is 2.51 bits per heavy atom. The van der Waals surface area contributed by atoms with Crippen LogP contribution in [0.25, 0.3) is 0 Å². The number of ether oxygens (including phenoxy) is 3. The average molecular weight is 506 g/mol. The molecule has 1 fully saturated rings. The van der Waals surface area contributed by atoms with E-state index in [4.69, 9.17) is 14.2 Å². The molecule has 1 saturated heterocycles. The summed E-state index contributed by atoms with van der Waals surface area (Å²) in [7, 11) is 3.27. The summed E-state index contributed by atoms with van der Waals surface area (Å²) >= 11 is 0. The minimum atomic E-state index is -0.245. The van der Waals surface area contributed by atoms with Gasteiger partial charge >= 0.3 is 6.09 Å². The number of aromatic nitrogens is 2. The maximum Gasteiger partial charge on any atom is 0.410 e. The van der Waals surface area contributed by atoms with Gasteiger partial charge in [0.25, 0.3) is 0 Å². The highest BCUT2D eigenvalue weighted by Gasteiger charge is 2.24. The first kappa shape index (κ1) is 26.1. The van der Waals surface area contributed by atoms with Crippen molar-refractivity contribution in [3.8, 4) is 11.5 Å². The largest absolute Gasteiger partial charge is 0.497 e. The molecule has 2 N–H and O–H groups in total. The molecular formula is C28H35N5O4. The molecule has 0 bridgehead atoms. The van der Waals surface area contributed by atoms with Gasteiger partial charge < -0.3 is 29.7 Å². The summed E-state index contributed by atoms with van der Waals surface area (Å²) in [6.45, 7) is 4.95. The number of hydrogen-bond donors (Lipinski definition) is 2. The van der Waals surface area contributed by atoms with Crippen LogP contribution in [0, 0.1) is 12.8 Å². The molecule has 1 aliphatic heterocycles. The topological polar surface area (TPSA) is 97.8 Å². The second-order valence-corrected chi connectivity index (χ2v) is 9.10. The average Bonchev–Trinajstić information content (AvgIpc) is 2.94. The fourth-order valence-electron chi connectivity index (χ4n) is 4.29. The van der Waals surface area contributed by atoms with Crippen molar-refractivity contribution < 1.29 is 19.0 Å². The van der Waals surface area contributed by atoms with Crippen molar-refractivity contribution in [3.63, 3.8) is 0 Å². The van der Waals surface area contributed by atoms with Crippen LogP contribution >= 0.6 is 0 Å². The van der Waals surface area contributed by atoms with Crippen molar-refractivity contribution in [3.05, 3.63) is 71.4 Å². The van der Waals surface area contributed by atoms with Crippen molar-refractivity contribution >= 4 is 17.9 Å². The van der Waals surface area contributed by atoms with Crippen LogP contribution in [0.4, 0.5) is 16.6 Å². The monoisotopic (exact) mass is 505 g/mol. The summed E-state index contributed by atoms with van der Waals surface area (Å²) in [4.78, 5) is 23.4. The number of aryl methyl sites for hydroxylation is 1. The molecule has 0 unspecified atom stereocenters. The number of rotatable bonds is 10. The van der Waals surface area contributed by atoms with Gasteiger partial charge in [0.2, 0.25) is 5.95 Å². The standard InChI is InChI=1S/C28H35N5O4/c1-20-15-26(32-27(31-20)30-18-23-9-10-24(35-2)16-25(23)36-3)29-17-21-11-13-33(14-12-21)28(34)37-19-22-7-5-4-6-8-22/h4-10,15-16,21H,11-14,17-19H2,1-3H3,(H2,29,30,31,32). The number of amides is 1. The number of nitrogens with one attached hydrogen (secondary N) is 2. The molecule has 0 atom stereocenters. The summed E-state index contributed by atoms with van der Waals surface area (Å²) in [6.07, 6.45) is 1.59.